The fourth-order valence-corrected chi connectivity index (χ4v) is 6.26. The van der Waals surface area contributed by atoms with Gasteiger partial charge in [0, 0.05) is 11.8 Å². The van der Waals surface area contributed by atoms with Crippen molar-refractivity contribution in [1.29, 1.82) is 0 Å². The van der Waals surface area contributed by atoms with Gasteiger partial charge in [-0.2, -0.15) is 0 Å². The summed E-state index contributed by atoms with van der Waals surface area (Å²) < 4.78 is 12.2. The molecule has 0 unspecified atom stereocenters. The number of benzene rings is 2. The highest BCUT2D eigenvalue weighted by Crippen LogP contribution is 2.41. The summed E-state index contributed by atoms with van der Waals surface area (Å²) >= 11 is 0. The Hall–Kier alpha value is -3.20. The van der Waals surface area contributed by atoms with Crippen LogP contribution in [0.1, 0.15) is 37.8 Å². The number of hydrogen-bond donors (Lipinski definition) is 4. The van der Waals surface area contributed by atoms with E-state index in [0.29, 0.717) is 0 Å². The zero-order valence-electron chi connectivity index (χ0n) is 24.4. The van der Waals surface area contributed by atoms with Crippen molar-refractivity contribution in [2.45, 2.75) is 75.5 Å². The molecule has 4 rings (SSSR count). The van der Waals surface area contributed by atoms with E-state index in [1.54, 1.807) is 12.2 Å². The van der Waals surface area contributed by atoms with Crippen LogP contribution in [0.4, 0.5) is 0 Å². The molecule has 6 nitrogen and oxygen atoms in total. The second-order valence-corrected chi connectivity index (χ2v) is 11.7. The molecule has 0 spiro atoms. The summed E-state index contributed by atoms with van der Waals surface area (Å²) in [5, 5.41) is 45.2. The third-order valence-electron chi connectivity index (χ3n) is 8.62. The fourth-order valence-electron chi connectivity index (χ4n) is 6.26. The first-order chi connectivity index (χ1) is 20.1. The number of aliphatic hydroxyl groups is 4. The Morgan fingerprint density at radius 1 is 0.714 bits per heavy atom. The van der Waals surface area contributed by atoms with Gasteiger partial charge in [0.05, 0.1) is 37.6 Å². The molecule has 2 aliphatic rings. The van der Waals surface area contributed by atoms with Crippen molar-refractivity contribution >= 4 is 0 Å². The van der Waals surface area contributed by atoms with Crippen LogP contribution in [-0.4, -0.2) is 56.0 Å². The lowest BCUT2D eigenvalue weighted by molar-refractivity contribution is -0.159. The summed E-state index contributed by atoms with van der Waals surface area (Å²) in [7, 11) is 0. The molecule has 10 atom stereocenters. The fraction of sp³-hybridized carbons (Fsp3) is 0.444. The van der Waals surface area contributed by atoms with E-state index < -0.39 is 47.5 Å². The van der Waals surface area contributed by atoms with Gasteiger partial charge in [0.1, 0.15) is 11.2 Å². The second kappa shape index (κ2) is 13.8. The highest BCUT2D eigenvalue weighted by molar-refractivity contribution is 5.36. The lowest BCUT2D eigenvalue weighted by Gasteiger charge is -2.46. The average Bonchev–Trinajstić information content (AvgIpc) is 2.98. The minimum absolute atomic E-state index is 0.211. The molecule has 2 saturated carbocycles. The molecule has 0 aliphatic heterocycles. The molecule has 2 aromatic carbocycles. The van der Waals surface area contributed by atoms with E-state index in [2.05, 4.69) is 36.8 Å². The summed E-state index contributed by atoms with van der Waals surface area (Å²) in [4.78, 5) is 0. The van der Waals surface area contributed by atoms with Crippen molar-refractivity contribution in [3.05, 3.63) is 97.1 Å². The minimum atomic E-state index is -1.53. The van der Waals surface area contributed by atoms with Crippen LogP contribution in [0.2, 0.25) is 0 Å². The van der Waals surface area contributed by atoms with Gasteiger partial charge in [-0.05, 0) is 47.6 Å². The van der Waals surface area contributed by atoms with Gasteiger partial charge in [-0.1, -0.05) is 98.5 Å². The Morgan fingerprint density at radius 2 is 1.07 bits per heavy atom. The van der Waals surface area contributed by atoms with E-state index in [1.165, 1.54) is 0 Å². The Labute approximate surface area is 249 Å². The van der Waals surface area contributed by atoms with Gasteiger partial charge in [0.15, 0.2) is 0 Å². The standard InChI is InChI=1S/C36H42O6/c1-5-29-33(41-23-27-15-9-7-10-16-27)31(37)25(3)21-35(29,39)19-13-14-20-36(40)22-26(4)32(38)34(30(36)6-2)42-24-28-17-11-8-12-18-28/h5-12,15-18,25-26,29-34,37-40H,1-2,21-24H2,3-4H3/t25-,26-,29+,30+,31-,32-,33-,34-,35-,36-/m1/s1. The SMILES string of the molecule is C=C[C@H]1[C@@H](OCc2ccccc2)[C@H](O)[C@H](C)C[C@]1(O)C#CC#C[C@@]1(O)C[C@@H](C)[C@@H](O)[C@H](OCc2ccccc2)[C@@H]1C=C. The molecule has 2 aromatic rings. The summed E-state index contributed by atoms with van der Waals surface area (Å²) in [6, 6.07) is 19.3. The predicted octanol–water partition coefficient (Wildman–Crippen LogP) is 4.03. The van der Waals surface area contributed by atoms with Gasteiger partial charge >= 0.3 is 0 Å². The van der Waals surface area contributed by atoms with Crippen LogP contribution in [0.25, 0.3) is 0 Å². The van der Waals surface area contributed by atoms with E-state index in [4.69, 9.17) is 9.47 Å². The Morgan fingerprint density at radius 3 is 1.40 bits per heavy atom. The number of hydrogen-bond acceptors (Lipinski definition) is 6. The maximum absolute atomic E-state index is 11.6. The highest BCUT2D eigenvalue weighted by atomic mass is 16.5. The maximum Gasteiger partial charge on any atom is 0.135 e. The molecular weight excluding hydrogens is 528 g/mol. The Balaban J connectivity index is 1.53. The molecule has 4 N–H and O–H groups in total. The number of ether oxygens (including phenoxy) is 2. The normalized spacial score (nSPS) is 36.0. The molecule has 0 aromatic heterocycles. The second-order valence-electron chi connectivity index (χ2n) is 11.7. The molecule has 2 fully saturated rings. The maximum atomic E-state index is 11.6. The molecule has 6 heteroatoms. The van der Waals surface area contributed by atoms with Crippen LogP contribution in [0, 0.1) is 47.4 Å². The monoisotopic (exact) mass is 570 g/mol. The van der Waals surface area contributed by atoms with Crippen molar-refractivity contribution in [2.24, 2.45) is 23.7 Å². The third kappa shape index (κ3) is 7.05. The lowest BCUT2D eigenvalue weighted by Crippen LogP contribution is -2.56. The zero-order chi connectivity index (χ0) is 30.3. The van der Waals surface area contributed by atoms with Crippen molar-refractivity contribution in [3.63, 3.8) is 0 Å². The summed E-state index contributed by atoms with van der Waals surface area (Å²) in [6.45, 7) is 12.0. The van der Waals surface area contributed by atoms with Gasteiger partial charge in [0.2, 0.25) is 0 Å². The highest BCUT2D eigenvalue weighted by Gasteiger charge is 2.51. The smallest absolute Gasteiger partial charge is 0.135 e. The molecule has 0 saturated heterocycles. The molecule has 0 amide bonds. The summed E-state index contributed by atoms with van der Waals surface area (Å²) in [6.07, 6.45) is 0.544. The predicted molar refractivity (Wildman–Crippen MR) is 162 cm³/mol. The van der Waals surface area contributed by atoms with Crippen LogP contribution in [-0.2, 0) is 22.7 Å². The van der Waals surface area contributed by atoms with Crippen molar-refractivity contribution in [3.8, 4) is 23.7 Å². The van der Waals surface area contributed by atoms with E-state index in [0.717, 1.165) is 11.1 Å². The number of rotatable bonds is 8. The topological polar surface area (TPSA) is 99.4 Å². The molecular formula is C36H42O6. The van der Waals surface area contributed by atoms with Crippen LogP contribution >= 0.6 is 0 Å². The summed E-state index contributed by atoms with van der Waals surface area (Å²) in [5.74, 6) is 9.43. The molecule has 0 bridgehead atoms. The van der Waals surface area contributed by atoms with Gasteiger partial charge in [-0.15, -0.1) is 13.2 Å². The van der Waals surface area contributed by atoms with E-state index in [1.807, 2.05) is 74.5 Å². The minimum Gasteiger partial charge on any atom is -0.390 e. The van der Waals surface area contributed by atoms with Crippen LogP contribution < -0.4 is 0 Å². The van der Waals surface area contributed by atoms with Gasteiger partial charge in [0.25, 0.3) is 0 Å². The van der Waals surface area contributed by atoms with Gasteiger partial charge in [-0.3, -0.25) is 0 Å². The first-order valence-electron chi connectivity index (χ1n) is 14.5. The third-order valence-corrected chi connectivity index (χ3v) is 8.62. The molecule has 0 heterocycles. The average molecular weight is 571 g/mol. The van der Waals surface area contributed by atoms with Gasteiger partial charge in [-0.25, -0.2) is 0 Å². The van der Waals surface area contributed by atoms with Crippen LogP contribution in [0.5, 0.6) is 0 Å². The quantitative estimate of drug-likeness (QED) is 0.283. The largest absolute Gasteiger partial charge is 0.390 e. The molecule has 2 aliphatic carbocycles. The van der Waals surface area contributed by atoms with Gasteiger partial charge < -0.3 is 29.9 Å². The summed E-state index contributed by atoms with van der Waals surface area (Å²) in [5.41, 5.74) is -1.16. The zero-order valence-corrected chi connectivity index (χ0v) is 24.4. The molecule has 0 radical (unpaired) electrons. The van der Waals surface area contributed by atoms with Crippen LogP contribution in [0.15, 0.2) is 86.0 Å². The van der Waals surface area contributed by atoms with E-state index >= 15 is 0 Å². The molecule has 222 valence electrons. The Bertz CT molecular complexity index is 1220. The van der Waals surface area contributed by atoms with Crippen molar-refractivity contribution < 1.29 is 29.9 Å². The first-order valence-corrected chi connectivity index (χ1v) is 14.5. The van der Waals surface area contributed by atoms with E-state index in [-0.39, 0.29) is 37.9 Å². The first kappa shape index (κ1) is 31.7. The Kier molecular flexibility index (Phi) is 10.5. The van der Waals surface area contributed by atoms with Crippen molar-refractivity contribution in [2.75, 3.05) is 0 Å². The lowest BCUT2D eigenvalue weighted by atomic mass is 9.68. The molecule has 42 heavy (non-hydrogen) atoms. The number of aliphatic hydroxyl groups excluding tert-OH is 2. The van der Waals surface area contributed by atoms with Crippen LogP contribution in [0.3, 0.4) is 0 Å². The van der Waals surface area contributed by atoms with Crippen molar-refractivity contribution in [1.82, 2.24) is 0 Å². The van der Waals surface area contributed by atoms with E-state index in [9.17, 15) is 20.4 Å².